The van der Waals surface area contributed by atoms with E-state index in [-0.39, 0.29) is 17.7 Å². The van der Waals surface area contributed by atoms with E-state index in [0.29, 0.717) is 23.9 Å². The Morgan fingerprint density at radius 1 is 1.32 bits per heavy atom. The molecule has 2 aromatic rings. The molecule has 0 aliphatic carbocycles. The molecule has 96 valence electrons. The zero-order valence-corrected chi connectivity index (χ0v) is 9.97. The van der Waals surface area contributed by atoms with E-state index in [1.807, 2.05) is 0 Å². The minimum Gasteiger partial charge on any atom is -0.298 e. The summed E-state index contributed by atoms with van der Waals surface area (Å²) in [4.78, 5) is 34.0. The Labute approximate surface area is 108 Å². The van der Waals surface area contributed by atoms with Crippen molar-refractivity contribution in [3.8, 4) is 0 Å². The van der Waals surface area contributed by atoms with Gasteiger partial charge in [-0.25, -0.2) is 0 Å². The van der Waals surface area contributed by atoms with Crippen LogP contribution < -0.4 is 5.32 Å². The summed E-state index contributed by atoms with van der Waals surface area (Å²) >= 11 is 0. The number of hydrogen-bond donors (Lipinski definition) is 2. The molecule has 6 nitrogen and oxygen atoms in total. The van der Waals surface area contributed by atoms with Gasteiger partial charge >= 0.3 is 0 Å². The summed E-state index contributed by atoms with van der Waals surface area (Å²) in [6.45, 7) is 0. The smallest absolute Gasteiger partial charge is 0.234 e. The number of piperidine rings is 1. The number of H-pyrrole nitrogens is 1. The van der Waals surface area contributed by atoms with Crippen LogP contribution in [0.15, 0.2) is 18.3 Å². The van der Waals surface area contributed by atoms with Gasteiger partial charge in [-0.3, -0.25) is 24.8 Å². The third-order valence-electron chi connectivity index (χ3n) is 3.42. The number of rotatable bonds is 2. The van der Waals surface area contributed by atoms with Crippen LogP contribution in [0, 0.1) is 0 Å². The molecule has 1 atom stereocenters. The lowest BCUT2D eigenvalue weighted by Crippen LogP contribution is -2.39. The molecule has 2 amide bonds. The molecule has 0 spiro atoms. The second-order valence-electron chi connectivity index (χ2n) is 4.52. The number of fused-ring (bicyclic) bond motifs is 1. The average molecular weight is 257 g/mol. The van der Waals surface area contributed by atoms with Crippen LogP contribution in [0.25, 0.3) is 10.9 Å². The molecule has 1 aliphatic rings. The maximum absolute atomic E-state index is 11.9. The molecule has 0 bridgehead atoms. The summed E-state index contributed by atoms with van der Waals surface area (Å²) in [5.74, 6) is -0.912. The molecule has 1 fully saturated rings. The largest absolute Gasteiger partial charge is 0.298 e. The van der Waals surface area contributed by atoms with Crippen molar-refractivity contribution in [2.75, 3.05) is 0 Å². The third kappa shape index (κ3) is 1.81. The molecule has 2 heterocycles. The van der Waals surface area contributed by atoms with Crippen molar-refractivity contribution in [2.45, 2.75) is 18.8 Å². The first-order valence-corrected chi connectivity index (χ1v) is 5.95. The van der Waals surface area contributed by atoms with Gasteiger partial charge in [0.15, 0.2) is 6.29 Å². The highest BCUT2D eigenvalue weighted by atomic mass is 16.2. The van der Waals surface area contributed by atoms with Crippen LogP contribution in [0.3, 0.4) is 0 Å². The van der Waals surface area contributed by atoms with Gasteiger partial charge in [-0.05, 0) is 18.1 Å². The molecule has 0 saturated carbocycles. The summed E-state index contributed by atoms with van der Waals surface area (Å²) in [6, 6.07) is 3.41. The van der Waals surface area contributed by atoms with E-state index in [0.717, 1.165) is 17.2 Å². The van der Waals surface area contributed by atoms with Crippen molar-refractivity contribution in [1.29, 1.82) is 0 Å². The Morgan fingerprint density at radius 2 is 2.16 bits per heavy atom. The van der Waals surface area contributed by atoms with Crippen molar-refractivity contribution in [2.24, 2.45) is 0 Å². The van der Waals surface area contributed by atoms with Gasteiger partial charge in [0, 0.05) is 17.4 Å². The number of amides is 2. The number of nitrogens with one attached hydrogen (secondary N) is 2. The first-order valence-electron chi connectivity index (χ1n) is 5.95. The minimum atomic E-state index is -0.376. The van der Waals surface area contributed by atoms with Crippen LogP contribution in [-0.2, 0) is 9.59 Å². The van der Waals surface area contributed by atoms with Gasteiger partial charge in [0.25, 0.3) is 0 Å². The van der Waals surface area contributed by atoms with E-state index < -0.39 is 0 Å². The van der Waals surface area contributed by atoms with Gasteiger partial charge in [0.05, 0.1) is 17.6 Å². The van der Waals surface area contributed by atoms with Crippen molar-refractivity contribution in [3.63, 3.8) is 0 Å². The molecule has 0 radical (unpaired) electrons. The van der Waals surface area contributed by atoms with E-state index in [4.69, 9.17) is 0 Å². The van der Waals surface area contributed by atoms with E-state index in [1.54, 1.807) is 18.3 Å². The first kappa shape index (κ1) is 11.6. The number of aromatic amines is 1. The molecule has 1 aliphatic heterocycles. The molecule has 1 aromatic heterocycles. The molecule has 3 rings (SSSR count). The maximum Gasteiger partial charge on any atom is 0.234 e. The fourth-order valence-electron chi connectivity index (χ4n) is 2.47. The average Bonchev–Trinajstić information content (AvgIpc) is 2.87. The number of imide groups is 1. The fraction of sp³-hybridized carbons (Fsp3) is 0.231. The van der Waals surface area contributed by atoms with E-state index in [1.165, 1.54) is 0 Å². The molecule has 1 unspecified atom stereocenters. The van der Waals surface area contributed by atoms with Crippen LogP contribution in [0.5, 0.6) is 0 Å². The molecular weight excluding hydrogens is 246 g/mol. The lowest BCUT2D eigenvalue weighted by atomic mass is 9.88. The summed E-state index contributed by atoms with van der Waals surface area (Å²) in [6.07, 6.45) is 3.15. The predicted octanol–water partition coefficient (Wildman–Crippen LogP) is 0.896. The fourth-order valence-corrected chi connectivity index (χ4v) is 2.47. The Bertz CT molecular complexity index is 689. The lowest BCUT2D eigenvalue weighted by Gasteiger charge is -2.21. The molecule has 1 aromatic carbocycles. The van der Waals surface area contributed by atoms with Gasteiger partial charge in [-0.1, -0.05) is 6.07 Å². The topological polar surface area (TPSA) is 91.9 Å². The SMILES string of the molecule is O=Cc1ccc(C2CCC(=O)NC2=O)c2cn[nH]c12. The molecule has 1 saturated heterocycles. The van der Waals surface area contributed by atoms with Crippen molar-refractivity contribution >= 4 is 29.0 Å². The number of aromatic nitrogens is 2. The lowest BCUT2D eigenvalue weighted by molar-refractivity contribution is -0.134. The van der Waals surface area contributed by atoms with Gasteiger partial charge in [0.2, 0.25) is 11.8 Å². The number of carbonyl (C=O) groups is 3. The van der Waals surface area contributed by atoms with Crippen molar-refractivity contribution in [1.82, 2.24) is 15.5 Å². The maximum atomic E-state index is 11.9. The summed E-state index contributed by atoms with van der Waals surface area (Å²) in [7, 11) is 0. The highest BCUT2D eigenvalue weighted by Gasteiger charge is 2.29. The highest BCUT2D eigenvalue weighted by Crippen LogP contribution is 2.31. The number of hydrogen-bond acceptors (Lipinski definition) is 4. The predicted molar refractivity (Wildman–Crippen MR) is 66.6 cm³/mol. The number of benzene rings is 1. The van der Waals surface area contributed by atoms with Crippen LogP contribution in [0.4, 0.5) is 0 Å². The Kier molecular flexibility index (Phi) is 2.63. The highest BCUT2D eigenvalue weighted by molar-refractivity contribution is 6.04. The Balaban J connectivity index is 2.11. The second-order valence-corrected chi connectivity index (χ2v) is 4.52. The van der Waals surface area contributed by atoms with Crippen LogP contribution in [0.2, 0.25) is 0 Å². The van der Waals surface area contributed by atoms with Crippen LogP contribution >= 0.6 is 0 Å². The van der Waals surface area contributed by atoms with Gasteiger partial charge in [0.1, 0.15) is 0 Å². The monoisotopic (exact) mass is 257 g/mol. The quantitative estimate of drug-likeness (QED) is 0.617. The van der Waals surface area contributed by atoms with Gasteiger partial charge < -0.3 is 0 Å². The van der Waals surface area contributed by atoms with E-state index in [2.05, 4.69) is 15.5 Å². The summed E-state index contributed by atoms with van der Waals surface area (Å²) < 4.78 is 0. The molecule has 6 heteroatoms. The standard InChI is InChI=1S/C13H11N3O3/c17-6-7-1-2-8(10-5-14-16-12(7)10)9-3-4-11(18)15-13(9)19/h1-2,5-6,9H,3-4H2,(H,14,16)(H,15,18,19). The Hall–Kier alpha value is -2.50. The zero-order chi connectivity index (χ0) is 13.4. The van der Waals surface area contributed by atoms with E-state index in [9.17, 15) is 14.4 Å². The minimum absolute atomic E-state index is 0.241. The molecular formula is C13H11N3O3. The summed E-state index contributed by atoms with van der Waals surface area (Å²) in [5, 5.41) is 9.77. The number of aldehydes is 1. The van der Waals surface area contributed by atoms with Crippen molar-refractivity contribution < 1.29 is 14.4 Å². The summed E-state index contributed by atoms with van der Waals surface area (Å²) in [5.41, 5.74) is 1.92. The van der Waals surface area contributed by atoms with Gasteiger partial charge in [-0.15, -0.1) is 0 Å². The van der Waals surface area contributed by atoms with Crippen molar-refractivity contribution in [3.05, 3.63) is 29.5 Å². The number of carbonyl (C=O) groups excluding carboxylic acids is 3. The number of nitrogens with zero attached hydrogens (tertiary/aromatic N) is 1. The second kappa shape index (κ2) is 4.31. The van der Waals surface area contributed by atoms with Crippen LogP contribution in [0.1, 0.15) is 34.7 Å². The van der Waals surface area contributed by atoms with E-state index >= 15 is 0 Å². The normalized spacial score (nSPS) is 19.5. The Morgan fingerprint density at radius 3 is 2.89 bits per heavy atom. The zero-order valence-electron chi connectivity index (χ0n) is 9.97. The molecule has 2 N–H and O–H groups in total. The third-order valence-corrected chi connectivity index (χ3v) is 3.42. The van der Waals surface area contributed by atoms with Crippen LogP contribution in [-0.4, -0.2) is 28.3 Å². The van der Waals surface area contributed by atoms with Gasteiger partial charge in [-0.2, -0.15) is 5.10 Å². The first-order chi connectivity index (χ1) is 9.20. The molecule has 19 heavy (non-hydrogen) atoms.